The Morgan fingerprint density at radius 3 is 3.00 bits per heavy atom. The zero-order chi connectivity index (χ0) is 21.5. The van der Waals surface area contributed by atoms with Crippen molar-refractivity contribution in [2.24, 2.45) is 0 Å². The summed E-state index contributed by atoms with van der Waals surface area (Å²) in [4.78, 5) is 33.9. The number of aromatic nitrogens is 4. The number of rotatable bonds is 9. The molecule has 1 atom stereocenters. The summed E-state index contributed by atoms with van der Waals surface area (Å²) in [6.45, 7) is 5.18. The molecule has 2 aromatic rings. The minimum absolute atomic E-state index is 0.0675. The molecule has 0 saturated carbocycles. The van der Waals surface area contributed by atoms with Gasteiger partial charge in [0.25, 0.3) is 5.78 Å². The van der Waals surface area contributed by atoms with Crippen molar-refractivity contribution in [2.75, 3.05) is 44.2 Å². The third-order valence-electron chi connectivity index (χ3n) is 4.36. The quantitative estimate of drug-likeness (QED) is 0.337. The van der Waals surface area contributed by atoms with Crippen molar-refractivity contribution >= 4 is 41.1 Å². The van der Waals surface area contributed by atoms with E-state index in [1.54, 1.807) is 4.52 Å². The molecule has 2 amide bonds. The molecule has 1 N–H and O–H groups in total. The van der Waals surface area contributed by atoms with Crippen LogP contribution in [0.15, 0.2) is 11.2 Å². The normalized spacial score (nSPS) is 16.6. The number of fused-ring (bicyclic) bond motifs is 1. The molecular formula is C18H26N6O4S2. The van der Waals surface area contributed by atoms with E-state index < -0.39 is 0 Å². The number of morpholine rings is 1. The number of thioether (sulfide) groups is 2. The van der Waals surface area contributed by atoms with Crippen LogP contribution in [0.3, 0.4) is 0 Å². The van der Waals surface area contributed by atoms with Crippen molar-refractivity contribution in [3.8, 4) is 5.88 Å². The van der Waals surface area contributed by atoms with Gasteiger partial charge in [0.05, 0.1) is 19.0 Å². The molecule has 2 aromatic heterocycles. The second kappa shape index (κ2) is 10.8. The molecule has 12 heteroatoms. The minimum atomic E-state index is -0.221. The number of aryl methyl sites for hydroxylation is 1. The molecule has 1 unspecified atom stereocenters. The van der Waals surface area contributed by atoms with Gasteiger partial charge in [-0.15, -0.1) is 16.9 Å². The zero-order valence-corrected chi connectivity index (χ0v) is 18.9. The van der Waals surface area contributed by atoms with Crippen LogP contribution in [-0.4, -0.2) is 86.6 Å². The second-order valence-corrected chi connectivity index (χ2v) is 8.60. The zero-order valence-electron chi connectivity index (χ0n) is 17.3. The van der Waals surface area contributed by atoms with Crippen LogP contribution in [0.1, 0.15) is 19.0 Å². The van der Waals surface area contributed by atoms with Gasteiger partial charge in [0.15, 0.2) is 0 Å². The molecule has 1 aliphatic heterocycles. The van der Waals surface area contributed by atoms with Crippen LogP contribution in [0.25, 0.3) is 5.78 Å². The Kier molecular flexibility index (Phi) is 8.16. The Hall–Kier alpha value is -2.05. The number of amides is 2. The number of hydrogen-bond donors (Lipinski definition) is 1. The molecule has 10 nitrogen and oxygen atoms in total. The molecule has 1 fully saturated rings. The monoisotopic (exact) mass is 454 g/mol. The Morgan fingerprint density at radius 2 is 2.23 bits per heavy atom. The van der Waals surface area contributed by atoms with Crippen LogP contribution in [0.2, 0.25) is 0 Å². The molecule has 3 rings (SSSR count). The maximum absolute atomic E-state index is 12.5. The van der Waals surface area contributed by atoms with E-state index in [0.29, 0.717) is 61.2 Å². The highest BCUT2D eigenvalue weighted by atomic mass is 32.2. The molecule has 0 spiro atoms. The predicted octanol–water partition coefficient (Wildman–Crippen LogP) is 0.978. The van der Waals surface area contributed by atoms with Crippen molar-refractivity contribution in [3.05, 3.63) is 11.8 Å². The van der Waals surface area contributed by atoms with Crippen LogP contribution in [0.5, 0.6) is 5.88 Å². The number of ether oxygens (including phenoxy) is 2. The minimum Gasteiger partial charge on any atom is -0.475 e. The molecule has 0 bridgehead atoms. The molecular weight excluding hydrogens is 428 g/mol. The van der Waals surface area contributed by atoms with Gasteiger partial charge in [0.2, 0.25) is 22.9 Å². The molecule has 0 aromatic carbocycles. The summed E-state index contributed by atoms with van der Waals surface area (Å²) in [7, 11) is 0. The topological polar surface area (TPSA) is 111 Å². The Balaban J connectivity index is 1.50. The standard InChI is InChI=1S/C18H26N6O4S2/c1-12-8-16(24-17(20-12)21-18(22-24)29-3)28-10-14-9-23(5-6-27-14)15(26)4-7-30-11-19-13(2)25/h8,14H,4-7,9-11H2,1-3H3,(H,19,25). The first kappa shape index (κ1) is 22.6. The molecule has 1 saturated heterocycles. The lowest BCUT2D eigenvalue weighted by Gasteiger charge is -2.32. The summed E-state index contributed by atoms with van der Waals surface area (Å²) in [6, 6.07) is 1.81. The number of carbonyl (C=O) groups excluding carboxylic acids is 2. The maximum Gasteiger partial charge on any atom is 0.256 e. The van der Waals surface area contributed by atoms with Gasteiger partial charge in [0, 0.05) is 37.4 Å². The highest BCUT2D eigenvalue weighted by molar-refractivity contribution is 7.99. The average Bonchev–Trinajstić information content (AvgIpc) is 3.14. The van der Waals surface area contributed by atoms with Crippen molar-refractivity contribution in [1.82, 2.24) is 29.8 Å². The lowest BCUT2D eigenvalue weighted by molar-refractivity contribution is -0.139. The van der Waals surface area contributed by atoms with Crippen molar-refractivity contribution in [3.63, 3.8) is 0 Å². The largest absolute Gasteiger partial charge is 0.475 e. The third-order valence-corrected chi connectivity index (χ3v) is 5.74. The molecule has 0 radical (unpaired) electrons. The average molecular weight is 455 g/mol. The first-order valence-corrected chi connectivity index (χ1v) is 12.0. The SMILES string of the molecule is CSc1nc2nc(C)cc(OCC3CN(C(=O)CCSCNC(C)=O)CCO3)n2n1. The van der Waals surface area contributed by atoms with Crippen molar-refractivity contribution in [1.29, 1.82) is 0 Å². The third kappa shape index (κ3) is 6.22. The molecule has 3 heterocycles. The second-order valence-electron chi connectivity index (χ2n) is 6.73. The predicted molar refractivity (Wildman–Crippen MR) is 115 cm³/mol. The van der Waals surface area contributed by atoms with Gasteiger partial charge in [-0.05, 0) is 13.2 Å². The maximum atomic E-state index is 12.5. The van der Waals surface area contributed by atoms with Crippen LogP contribution in [-0.2, 0) is 14.3 Å². The first-order valence-electron chi connectivity index (χ1n) is 9.59. The summed E-state index contributed by atoms with van der Waals surface area (Å²) < 4.78 is 13.3. The summed E-state index contributed by atoms with van der Waals surface area (Å²) in [6.07, 6.45) is 2.11. The van der Waals surface area contributed by atoms with Gasteiger partial charge in [-0.3, -0.25) is 9.59 Å². The molecule has 0 aliphatic carbocycles. The Morgan fingerprint density at radius 1 is 1.40 bits per heavy atom. The van der Waals surface area contributed by atoms with Crippen molar-refractivity contribution < 1.29 is 19.1 Å². The van der Waals surface area contributed by atoms with E-state index in [1.807, 2.05) is 24.1 Å². The molecule has 30 heavy (non-hydrogen) atoms. The summed E-state index contributed by atoms with van der Waals surface area (Å²) >= 11 is 2.97. The van der Waals surface area contributed by atoms with Crippen LogP contribution < -0.4 is 10.1 Å². The van der Waals surface area contributed by atoms with Gasteiger partial charge in [0.1, 0.15) is 12.7 Å². The van der Waals surface area contributed by atoms with Crippen LogP contribution >= 0.6 is 23.5 Å². The van der Waals surface area contributed by atoms with Crippen molar-refractivity contribution in [2.45, 2.75) is 31.5 Å². The highest BCUT2D eigenvalue weighted by Gasteiger charge is 2.25. The Labute approximate surface area is 183 Å². The Bertz CT molecular complexity index is 893. The van der Waals surface area contributed by atoms with E-state index in [0.717, 1.165) is 5.69 Å². The fraction of sp³-hybridized carbons (Fsp3) is 0.611. The number of hydrogen-bond acceptors (Lipinski definition) is 9. The number of carbonyl (C=O) groups is 2. The van der Waals surface area contributed by atoms with Crippen LogP contribution in [0.4, 0.5) is 0 Å². The van der Waals surface area contributed by atoms with E-state index in [2.05, 4.69) is 20.4 Å². The van der Waals surface area contributed by atoms with E-state index in [4.69, 9.17) is 9.47 Å². The lowest BCUT2D eigenvalue weighted by atomic mass is 10.2. The van der Waals surface area contributed by atoms with E-state index in [1.165, 1.54) is 30.4 Å². The van der Waals surface area contributed by atoms with E-state index >= 15 is 0 Å². The fourth-order valence-electron chi connectivity index (χ4n) is 2.89. The molecule has 164 valence electrons. The van der Waals surface area contributed by atoms with E-state index in [-0.39, 0.29) is 17.9 Å². The van der Waals surface area contributed by atoms with Gasteiger partial charge in [-0.25, -0.2) is 4.98 Å². The van der Waals surface area contributed by atoms with Gasteiger partial charge >= 0.3 is 0 Å². The number of nitrogens with zero attached hydrogens (tertiary/aromatic N) is 5. The van der Waals surface area contributed by atoms with Crippen LogP contribution in [0, 0.1) is 6.92 Å². The summed E-state index contributed by atoms with van der Waals surface area (Å²) in [5, 5.41) is 7.72. The number of nitrogens with one attached hydrogen (secondary N) is 1. The van der Waals surface area contributed by atoms with Gasteiger partial charge in [-0.2, -0.15) is 9.50 Å². The summed E-state index contributed by atoms with van der Waals surface area (Å²) in [5.74, 6) is 2.24. The first-order chi connectivity index (χ1) is 14.5. The lowest BCUT2D eigenvalue weighted by Crippen LogP contribution is -2.47. The van der Waals surface area contributed by atoms with Gasteiger partial charge < -0.3 is 19.7 Å². The summed E-state index contributed by atoms with van der Waals surface area (Å²) in [5.41, 5.74) is 0.788. The highest BCUT2D eigenvalue weighted by Crippen LogP contribution is 2.18. The van der Waals surface area contributed by atoms with E-state index in [9.17, 15) is 9.59 Å². The van der Waals surface area contributed by atoms with Gasteiger partial charge in [-0.1, -0.05) is 11.8 Å². The smallest absolute Gasteiger partial charge is 0.256 e. The molecule has 1 aliphatic rings. The fourth-order valence-corrected chi connectivity index (χ4v) is 4.00.